The Bertz CT molecular complexity index is 2100. The number of aliphatic hydroxyl groups excluding tert-OH is 2. The molecule has 6 nitrogen and oxygen atoms in total. The Hall–Kier alpha value is -1.51. The summed E-state index contributed by atoms with van der Waals surface area (Å²) >= 11 is 0. The van der Waals surface area contributed by atoms with Crippen LogP contribution in [0.4, 0.5) is 0 Å². The van der Waals surface area contributed by atoms with Gasteiger partial charge in [-0.15, -0.1) is 0 Å². The number of aliphatic hydroxyl groups is 4. The molecule has 9 rings (SSSR count). The van der Waals surface area contributed by atoms with Crippen LogP contribution < -0.4 is 0 Å². The molecule has 1 aromatic carbocycles. The summed E-state index contributed by atoms with van der Waals surface area (Å²) in [5.74, 6) is 9.17. The van der Waals surface area contributed by atoms with Gasteiger partial charge in [-0.2, -0.15) is 0 Å². The summed E-state index contributed by atoms with van der Waals surface area (Å²) in [6.07, 6.45) is 29.7. The molecule has 0 radical (unpaired) electrons. The summed E-state index contributed by atoms with van der Waals surface area (Å²) in [4.78, 5) is 0.381. The first-order valence-electron chi connectivity index (χ1n) is 30.1. The van der Waals surface area contributed by atoms with Crippen LogP contribution in [0.2, 0.25) is 0 Å². The van der Waals surface area contributed by atoms with Crippen LogP contribution in [0.5, 0.6) is 0 Å². The van der Waals surface area contributed by atoms with Crippen molar-refractivity contribution < 1.29 is 28.8 Å². The van der Waals surface area contributed by atoms with E-state index in [2.05, 4.69) is 67.5 Å². The largest absolute Gasteiger partial charge is 0.393 e. The molecule has 0 spiro atoms. The number of rotatable bonds is 16. The van der Waals surface area contributed by atoms with Gasteiger partial charge in [-0.05, 0) is 241 Å². The minimum absolute atomic E-state index is 0.0322. The second-order valence-corrected chi connectivity index (χ2v) is 29.8. The molecule has 0 aliphatic heterocycles. The summed E-state index contributed by atoms with van der Waals surface area (Å²) < 4.78 is 27.7. The van der Waals surface area contributed by atoms with Gasteiger partial charge in [0, 0.05) is 0 Å². The molecule has 19 atom stereocenters. The van der Waals surface area contributed by atoms with E-state index in [-0.39, 0.29) is 17.4 Å². The van der Waals surface area contributed by atoms with Gasteiger partial charge in [-0.1, -0.05) is 124 Å². The monoisotopic (exact) mass is 1000 g/mol. The maximum Gasteiger partial charge on any atom is 0.181 e. The van der Waals surface area contributed by atoms with Gasteiger partial charge in [-0.3, -0.25) is 0 Å². The Morgan fingerprint density at radius 1 is 0.577 bits per heavy atom. The lowest BCUT2D eigenvalue weighted by Gasteiger charge is -2.55. The second-order valence-electron chi connectivity index (χ2n) is 27.6. The fourth-order valence-electron chi connectivity index (χ4n) is 18.7. The molecular weight excluding hydrogens is 897 g/mol. The highest BCUT2D eigenvalue weighted by molar-refractivity contribution is 7.92. The Kier molecular flexibility index (Phi) is 17.4. The standard InChI is InChI=1S/C35H54O4S.C29H50O2/c1-6-35(37)19-17-28-25(22-35)12-13-30-29(28)16-18-34(5)31(14-15-32(30)34)24(4)20-27(21-33(36)23(2)3)40(38,39)26-10-8-7-9-11-26;1-6-29(31)17-15-22-21(18-29)10-11-24-23(22)14-16-28(5)25(12-13-26(24)28)20(4)8-7-9-27(30)19(2)3/h7-12,23-24,27-33,36-37H,6,13-22H2,1-5H3;10,19-20,22-27,30-31H,6-9,11-18H2,1-5H3/t24-,27?,28+,29-,30-,31-,32+,33+,34-,35+;20-,22+,23-,24-,25-,26+,27+,28-,29+/m11/s1. The first-order chi connectivity index (χ1) is 33.6. The molecule has 6 saturated carbocycles. The SMILES string of the molecule is CC[C@]1(O)CC[C@H]2C(=CC[C@@H]3[C@@H]2CC[C@]2(C)[C@@H]([C@H](C)CC(C[C@H](O)C(C)C)S(=O)(=O)c4ccccc4)CC[C@@H]32)C1.CC[C@]1(O)CC[C@H]2C(=CC[C@@H]3[C@@H]2CC[C@]2(C)[C@@H]([C@H](C)CCC[C@H](O)C(C)C)CC[C@@H]32)C1. The van der Waals surface area contributed by atoms with Crippen molar-refractivity contribution in [1.82, 2.24) is 0 Å². The molecule has 0 heterocycles. The van der Waals surface area contributed by atoms with Crippen LogP contribution in [-0.2, 0) is 9.84 Å². The molecule has 7 heteroatoms. The lowest BCUT2D eigenvalue weighted by Crippen LogP contribution is -2.48. The average Bonchev–Trinajstić information content (AvgIpc) is 3.90. The molecule has 8 aliphatic carbocycles. The molecular formula is C64H104O6S. The number of benzene rings is 1. The quantitative estimate of drug-likeness (QED) is 0.123. The predicted molar refractivity (Wildman–Crippen MR) is 292 cm³/mol. The molecule has 402 valence electrons. The van der Waals surface area contributed by atoms with Crippen LogP contribution in [0.1, 0.15) is 217 Å². The maximum atomic E-state index is 13.9. The number of hydrogen-bond acceptors (Lipinski definition) is 6. The number of allylic oxidation sites excluding steroid dienone is 2. The van der Waals surface area contributed by atoms with Crippen LogP contribution in [0.3, 0.4) is 0 Å². The summed E-state index contributed by atoms with van der Waals surface area (Å²) in [6, 6.07) is 8.87. The van der Waals surface area contributed by atoms with E-state index in [0.29, 0.717) is 52.7 Å². The number of sulfone groups is 1. The molecule has 0 aromatic heterocycles. The van der Waals surface area contributed by atoms with Gasteiger partial charge in [0.2, 0.25) is 0 Å². The third-order valence-electron chi connectivity index (χ3n) is 23.4. The molecule has 6 fully saturated rings. The smallest absolute Gasteiger partial charge is 0.181 e. The van der Waals surface area contributed by atoms with Crippen LogP contribution in [0, 0.1) is 93.7 Å². The van der Waals surface area contributed by atoms with Crippen molar-refractivity contribution in [2.75, 3.05) is 0 Å². The first-order valence-corrected chi connectivity index (χ1v) is 31.6. The average molecular weight is 1000 g/mol. The highest BCUT2D eigenvalue weighted by Gasteiger charge is 2.59. The zero-order chi connectivity index (χ0) is 51.3. The Morgan fingerprint density at radius 3 is 1.52 bits per heavy atom. The fraction of sp³-hybridized carbons (Fsp3) is 0.844. The number of fused-ring (bicyclic) bond motifs is 10. The van der Waals surface area contributed by atoms with Gasteiger partial charge in [-0.25, -0.2) is 8.42 Å². The zero-order valence-corrected chi connectivity index (χ0v) is 47.4. The maximum absolute atomic E-state index is 13.9. The summed E-state index contributed by atoms with van der Waals surface area (Å²) in [5, 5.41) is 42.3. The minimum atomic E-state index is -3.54. The second kappa shape index (κ2) is 22.2. The van der Waals surface area contributed by atoms with Crippen LogP contribution >= 0.6 is 0 Å². The van der Waals surface area contributed by atoms with Crippen molar-refractivity contribution in [2.24, 2.45) is 93.7 Å². The van der Waals surface area contributed by atoms with Crippen molar-refractivity contribution in [1.29, 1.82) is 0 Å². The lowest BCUT2D eigenvalue weighted by atomic mass is 9.50. The van der Waals surface area contributed by atoms with Crippen molar-refractivity contribution in [3.05, 3.63) is 53.6 Å². The van der Waals surface area contributed by atoms with E-state index in [9.17, 15) is 28.8 Å². The minimum Gasteiger partial charge on any atom is -0.393 e. The fourth-order valence-corrected chi connectivity index (χ4v) is 20.7. The van der Waals surface area contributed by atoms with Gasteiger partial charge < -0.3 is 20.4 Å². The lowest BCUT2D eigenvalue weighted by molar-refractivity contribution is -0.0462. The van der Waals surface area contributed by atoms with E-state index in [1.807, 2.05) is 19.9 Å². The normalized spacial score (nSPS) is 40.8. The van der Waals surface area contributed by atoms with Crippen LogP contribution in [0.25, 0.3) is 0 Å². The first kappa shape index (κ1) is 55.7. The van der Waals surface area contributed by atoms with E-state index in [1.165, 1.54) is 77.0 Å². The van der Waals surface area contributed by atoms with E-state index >= 15 is 0 Å². The van der Waals surface area contributed by atoms with Crippen molar-refractivity contribution >= 4 is 9.84 Å². The van der Waals surface area contributed by atoms with Gasteiger partial charge >= 0.3 is 0 Å². The molecule has 4 N–H and O–H groups in total. The highest BCUT2D eigenvalue weighted by atomic mass is 32.2. The van der Waals surface area contributed by atoms with Gasteiger partial charge in [0.15, 0.2) is 9.84 Å². The third-order valence-corrected chi connectivity index (χ3v) is 25.6. The molecule has 0 saturated heterocycles. The van der Waals surface area contributed by atoms with Gasteiger partial charge in [0.25, 0.3) is 0 Å². The highest BCUT2D eigenvalue weighted by Crippen LogP contribution is 2.67. The van der Waals surface area contributed by atoms with Gasteiger partial charge in [0.05, 0.1) is 33.6 Å². The van der Waals surface area contributed by atoms with Crippen LogP contribution in [0.15, 0.2) is 58.5 Å². The van der Waals surface area contributed by atoms with Crippen molar-refractivity contribution in [3.8, 4) is 0 Å². The van der Waals surface area contributed by atoms with E-state index in [4.69, 9.17) is 0 Å². The molecule has 71 heavy (non-hydrogen) atoms. The molecule has 1 aromatic rings. The Morgan fingerprint density at radius 2 is 1.06 bits per heavy atom. The molecule has 0 bridgehead atoms. The van der Waals surface area contributed by atoms with E-state index in [0.717, 1.165) is 105 Å². The van der Waals surface area contributed by atoms with E-state index < -0.39 is 32.4 Å². The third kappa shape index (κ3) is 11.2. The number of hydrogen-bond donors (Lipinski definition) is 4. The van der Waals surface area contributed by atoms with Crippen LogP contribution in [-0.4, -0.2) is 57.5 Å². The molecule has 0 amide bonds. The topological polar surface area (TPSA) is 115 Å². The molecule has 8 aliphatic rings. The predicted octanol–water partition coefficient (Wildman–Crippen LogP) is 14.7. The van der Waals surface area contributed by atoms with Crippen molar-refractivity contribution in [3.63, 3.8) is 0 Å². The van der Waals surface area contributed by atoms with Crippen molar-refractivity contribution in [2.45, 2.75) is 250 Å². The van der Waals surface area contributed by atoms with Gasteiger partial charge in [0.1, 0.15) is 0 Å². The summed E-state index contributed by atoms with van der Waals surface area (Å²) in [7, 11) is -3.54. The Labute approximate surface area is 434 Å². The summed E-state index contributed by atoms with van der Waals surface area (Å²) in [5.41, 5.74) is 3.03. The van der Waals surface area contributed by atoms with E-state index in [1.54, 1.807) is 35.4 Å². The molecule has 1 unspecified atom stereocenters. The zero-order valence-electron chi connectivity index (χ0n) is 46.6. The summed E-state index contributed by atoms with van der Waals surface area (Å²) in [6.45, 7) is 22.5. The Balaban J connectivity index is 0.000000197.